The Morgan fingerprint density at radius 1 is 1.19 bits per heavy atom. The average molecular weight is 283 g/mol. The average Bonchev–Trinajstić information content (AvgIpc) is 2.85. The van der Waals surface area contributed by atoms with Gasteiger partial charge in [-0.3, -0.25) is 0 Å². The number of ether oxygens (including phenoxy) is 1. The lowest BCUT2D eigenvalue weighted by Crippen LogP contribution is -1.98. The summed E-state index contributed by atoms with van der Waals surface area (Å²) in [6.07, 6.45) is 2.58. The summed E-state index contributed by atoms with van der Waals surface area (Å²) in [7, 11) is 1.60. The maximum absolute atomic E-state index is 12.9. The van der Waals surface area contributed by atoms with Crippen molar-refractivity contribution >= 4 is 11.8 Å². The highest BCUT2D eigenvalue weighted by molar-refractivity contribution is 6.18. The molecule has 0 atom stereocenters. The normalized spacial score (nSPS) is 17.2. The Kier molecular flexibility index (Phi) is 3.44. The van der Waals surface area contributed by atoms with Gasteiger partial charge in [0, 0.05) is 12.0 Å². The molecule has 0 saturated heterocycles. The molecule has 3 nitrogen and oxygen atoms in total. The zero-order valence-corrected chi connectivity index (χ0v) is 11.5. The number of rotatable bonds is 2. The van der Waals surface area contributed by atoms with E-state index in [1.54, 1.807) is 19.2 Å². The summed E-state index contributed by atoms with van der Waals surface area (Å²) in [5, 5.41) is 12.7. The van der Waals surface area contributed by atoms with Gasteiger partial charge in [-0.25, -0.2) is 4.39 Å². The van der Waals surface area contributed by atoms with Crippen LogP contribution >= 0.6 is 0 Å². The molecule has 0 amide bonds. The predicted octanol–water partition coefficient (Wildman–Crippen LogP) is 3.65. The number of hydrogen-bond acceptors (Lipinski definition) is 3. The first-order valence-electron chi connectivity index (χ1n) is 6.57. The van der Waals surface area contributed by atoms with Crippen molar-refractivity contribution in [3.05, 3.63) is 70.5 Å². The van der Waals surface area contributed by atoms with E-state index in [4.69, 9.17) is 4.74 Å². The first-order valence-corrected chi connectivity index (χ1v) is 6.57. The highest BCUT2D eigenvalue weighted by Gasteiger charge is 2.24. The molecular weight excluding hydrogens is 269 g/mol. The van der Waals surface area contributed by atoms with E-state index in [1.165, 1.54) is 12.1 Å². The van der Waals surface area contributed by atoms with E-state index in [-0.39, 0.29) is 5.82 Å². The summed E-state index contributed by atoms with van der Waals surface area (Å²) >= 11 is 0. The number of halogens is 1. The fourth-order valence-electron chi connectivity index (χ4n) is 2.52. The van der Waals surface area contributed by atoms with Crippen LogP contribution in [0.25, 0.3) is 6.08 Å². The van der Waals surface area contributed by atoms with Crippen molar-refractivity contribution in [2.45, 2.75) is 6.42 Å². The number of benzene rings is 2. The largest absolute Gasteiger partial charge is 0.497 e. The molecular formula is C17H14FNO2. The Labute approximate surface area is 122 Å². The van der Waals surface area contributed by atoms with Gasteiger partial charge in [0.1, 0.15) is 17.3 Å². The molecule has 4 heteroatoms. The summed E-state index contributed by atoms with van der Waals surface area (Å²) in [6, 6.07) is 11.9. The second-order valence-corrected chi connectivity index (χ2v) is 4.87. The zero-order valence-electron chi connectivity index (χ0n) is 11.5. The van der Waals surface area contributed by atoms with Crippen LogP contribution in [0.15, 0.2) is 53.2 Å². The van der Waals surface area contributed by atoms with E-state index < -0.39 is 0 Å². The molecule has 3 rings (SSSR count). The van der Waals surface area contributed by atoms with Gasteiger partial charge >= 0.3 is 0 Å². The summed E-state index contributed by atoms with van der Waals surface area (Å²) in [4.78, 5) is 0. The van der Waals surface area contributed by atoms with Gasteiger partial charge in [0.15, 0.2) is 0 Å². The Balaban J connectivity index is 2.01. The van der Waals surface area contributed by atoms with Crippen molar-refractivity contribution < 1.29 is 14.3 Å². The van der Waals surface area contributed by atoms with Crippen molar-refractivity contribution in [3.63, 3.8) is 0 Å². The monoisotopic (exact) mass is 283 g/mol. The van der Waals surface area contributed by atoms with Crippen LogP contribution in [-0.4, -0.2) is 18.0 Å². The van der Waals surface area contributed by atoms with Gasteiger partial charge in [-0.05, 0) is 47.0 Å². The quantitative estimate of drug-likeness (QED) is 0.675. The fourth-order valence-corrected chi connectivity index (χ4v) is 2.52. The van der Waals surface area contributed by atoms with Crippen LogP contribution in [0.2, 0.25) is 0 Å². The minimum Gasteiger partial charge on any atom is -0.497 e. The fraction of sp³-hybridized carbons (Fsp3) is 0.118. The molecule has 0 aliphatic heterocycles. The van der Waals surface area contributed by atoms with E-state index in [0.29, 0.717) is 12.1 Å². The Morgan fingerprint density at radius 2 is 1.95 bits per heavy atom. The van der Waals surface area contributed by atoms with E-state index in [2.05, 4.69) is 5.16 Å². The first-order chi connectivity index (χ1) is 10.2. The standard InChI is InChI=1S/C17H14FNO2/c1-21-15-7-4-12-9-13(17(19-20)16(12)10-15)8-11-2-5-14(18)6-3-11/h2-8,10,20H,9H2,1H3/b13-8?,19-17+. The summed E-state index contributed by atoms with van der Waals surface area (Å²) in [6.45, 7) is 0. The minimum atomic E-state index is -0.271. The van der Waals surface area contributed by atoms with Gasteiger partial charge in [0.25, 0.3) is 0 Å². The van der Waals surface area contributed by atoms with Crippen LogP contribution in [0.4, 0.5) is 4.39 Å². The maximum Gasteiger partial charge on any atom is 0.123 e. The lowest BCUT2D eigenvalue weighted by atomic mass is 10.1. The second kappa shape index (κ2) is 5.40. The molecule has 21 heavy (non-hydrogen) atoms. The highest BCUT2D eigenvalue weighted by Crippen LogP contribution is 2.31. The molecule has 2 aromatic carbocycles. The lowest BCUT2D eigenvalue weighted by molar-refractivity contribution is 0.319. The Morgan fingerprint density at radius 3 is 2.62 bits per heavy atom. The summed E-state index contributed by atoms with van der Waals surface area (Å²) < 4.78 is 18.1. The molecule has 0 radical (unpaired) electrons. The van der Waals surface area contributed by atoms with Gasteiger partial charge in [-0.15, -0.1) is 0 Å². The minimum absolute atomic E-state index is 0.271. The number of oxime groups is 1. The number of hydrogen-bond donors (Lipinski definition) is 1. The molecule has 106 valence electrons. The number of methoxy groups -OCH3 is 1. The molecule has 0 spiro atoms. The second-order valence-electron chi connectivity index (χ2n) is 4.87. The Hall–Kier alpha value is -2.62. The summed E-state index contributed by atoms with van der Waals surface area (Å²) in [5.41, 5.74) is 4.25. The van der Waals surface area contributed by atoms with Gasteiger partial charge in [-0.2, -0.15) is 0 Å². The Bertz CT molecular complexity index is 733. The van der Waals surface area contributed by atoms with Crippen LogP contribution in [0.1, 0.15) is 16.7 Å². The third-order valence-corrected chi connectivity index (χ3v) is 3.57. The van der Waals surface area contributed by atoms with Crippen LogP contribution in [0.3, 0.4) is 0 Å². The van der Waals surface area contributed by atoms with Crippen LogP contribution < -0.4 is 4.74 Å². The van der Waals surface area contributed by atoms with E-state index in [9.17, 15) is 9.60 Å². The number of fused-ring (bicyclic) bond motifs is 1. The lowest BCUT2D eigenvalue weighted by Gasteiger charge is -2.03. The van der Waals surface area contributed by atoms with Crippen molar-refractivity contribution in [1.82, 2.24) is 0 Å². The third kappa shape index (κ3) is 2.52. The van der Waals surface area contributed by atoms with Crippen molar-refractivity contribution in [1.29, 1.82) is 0 Å². The number of allylic oxidation sites excluding steroid dienone is 1. The molecule has 0 aromatic heterocycles. The molecule has 0 saturated carbocycles. The molecule has 1 aliphatic carbocycles. The molecule has 1 aliphatic rings. The van der Waals surface area contributed by atoms with E-state index in [0.717, 1.165) is 28.0 Å². The van der Waals surface area contributed by atoms with E-state index in [1.807, 2.05) is 24.3 Å². The molecule has 0 fully saturated rings. The van der Waals surface area contributed by atoms with Crippen LogP contribution in [0, 0.1) is 5.82 Å². The van der Waals surface area contributed by atoms with Crippen LogP contribution in [0.5, 0.6) is 5.75 Å². The molecule has 0 heterocycles. The molecule has 1 N–H and O–H groups in total. The SMILES string of the molecule is COc1ccc2c(c1)/C(=N/O)C(=Cc1ccc(F)cc1)C2. The van der Waals surface area contributed by atoms with Gasteiger partial charge in [-0.1, -0.05) is 23.4 Å². The van der Waals surface area contributed by atoms with Crippen molar-refractivity contribution in [3.8, 4) is 5.75 Å². The highest BCUT2D eigenvalue weighted by atomic mass is 19.1. The maximum atomic E-state index is 12.9. The smallest absolute Gasteiger partial charge is 0.123 e. The van der Waals surface area contributed by atoms with Crippen LogP contribution in [-0.2, 0) is 6.42 Å². The van der Waals surface area contributed by atoms with E-state index >= 15 is 0 Å². The van der Waals surface area contributed by atoms with Gasteiger partial charge in [0.2, 0.25) is 0 Å². The first kappa shape index (κ1) is 13.4. The van der Waals surface area contributed by atoms with Crippen molar-refractivity contribution in [2.75, 3.05) is 7.11 Å². The number of nitrogens with zero attached hydrogens (tertiary/aromatic N) is 1. The zero-order chi connectivity index (χ0) is 14.8. The predicted molar refractivity (Wildman–Crippen MR) is 79.4 cm³/mol. The third-order valence-electron chi connectivity index (χ3n) is 3.57. The summed E-state index contributed by atoms with van der Waals surface area (Å²) in [5.74, 6) is 0.450. The van der Waals surface area contributed by atoms with Gasteiger partial charge in [0.05, 0.1) is 7.11 Å². The molecule has 0 unspecified atom stereocenters. The van der Waals surface area contributed by atoms with Crippen molar-refractivity contribution in [2.24, 2.45) is 5.16 Å². The molecule has 0 bridgehead atoms. The van der Waals surface area contributed by atoms with Gasteiger partial charge < -0.3 is 9.94 Å². The molecule has 2 aromatic rings. The topological polar surface area (TPSA) is 41.8 Å².